The van der Waals surface area contributed by atoms with Crippen LogP contribution in [0.3, 0.4) is 0 Å². The summed E-state index contributed by atoms with van der Waals surface area (Å²) < 4.78 is 16.4. The van der Waals surface area contributed by atoms with Crippen molar-refractivity contribution in [3.8, 4) is 11.5 Å². The fraction of sp³-hybridized carbons (Fsp3) is 0.714. The van der Waals surface area contributed by atoms with Crippen molar-refractivity contribution in [3.05, 3.63) is 23.8 Å². The molecule has 210 valence electrons. The Labute approximate surface area is 223 Å². The molecule has 9 heteroatoms. The summed E-state index contributed by atoms with van der Waals surface area (Å²) in [4.78, 5) is 32.5. The summed E-state index contributed by atoms with van der Waals surface area (Å²) in [5, 5.41) is 3.55. The Morgan fingerprint density at radius 3 is 2.41 bits per heavy atom. The second kappa shape index (κ2) is 15.8. The van der Waals surface area contributed by atoms with Gasteiger partial charge in [-0.05, 0) is 65.9 Å². The second-order valence-corrected chi connectivity index (χ2v) is 10.2. The molecule has 9 nitrogen and oxygen atoms in total. The lowest BCUT2D eigenvalue weighted by Crippen LogP contribution is -2.54. The molecule has 1 aromatic rings. The molecule has 0 spiro atoms. The molecule has 1 aliphatic rings. The monoisotopic (exact) mass is 520 g/mol. The van der Waals surface area contributed by atoms with Gasteiger partial charge in [-0.25, -0.2) is 0 Å². The summed E-state index contributed by atoms with van der Waals surface area (Å²) in [6.45, 7) is 10.2. The molecule has 1 heterocycles. The largest absolute Gasteiger partial charge is 0.493 e. The molecule has 1 aromatic carbocycles. The zero-order chi connectivity index (χ0) is 27.4. The molecule has 2 atom stereocenters. The van der Waals surface area contributed by atoms with Crippen molar-refractivity contribution in [1.29, 1.82) is 0 Å². The minimum Gasteiger partial charge on any atom is -0.493 e. The molecule has 0 radical (unpaired) electrons. The number of piperidine rings is 1. The average Bonchev–Trinajstić information content (AvgIpc) is 2.87. The highest BCUT2D eigenvalue weighted by Crippen LogP contribution is 2.30. The van der Waals surface area contributed by atoms with Crippen LogP contribution >= 0.6 is 0 Å². The molecule has 0 saturated carbocycles. The van der Waals surface area contributed by atoms with Crippen molar-refractivity contribution in [3.63, 3.8) is 0 Å². The van der Waals surface area contributed by atoms with Gasteiger partial charge in [0.1, 0.15) is 0 Å². The van der Waals surface area contributed by atoms with Gasteiger partial charge < -0.3 is 34.2 Å². The van der Waals surface area contributed by atoms with E-state index < -0.39 is 0 Å². The Balaban J connectivity index is 2.02. The lowest BCUT2D eigenvalue weighted by Gasteiger charge is -2.40. The molecule has 1 aliphatic heterocycles. The number of carbonyl (C=O) groups is 2. The van der Waals surface area contributed by atoms with Gasteiger partial charge in [-0.1, -0.05) is 0 Å². The molecule has 2 rings (SSSR count). The smallest absolute Gasteiger partial charge is 0.254 e. The van der Waals surface area contributed by atoms with Crippen LogP contribution in [0.15, 0.2) is 18.2 Å². The minimum atomic E-state index is -0.0263. The quantitative estimate of drug-likeness (QED) is 0.356. The normalized spacial score (nSPS) is 17.6. The average molecular weight is 521 g/mol. The van der Waals surface area contributed by atoms with Gasteiger partial charge in [0, 0.05) is 76.4 Å². The zero-order valence-corrected chi connectivity index (χ0v) is 23.9. The van der Waals surface area contributed by atoms with E-state index in [9.17, 15) is 9.59 Å². The first kappa shape index (κ1) is 30.9. The summed E-state index contributed by atoms with van der Waals surface area (Å²) in [5.74, 6) is 1.32. The molecule has 0 unspecified atom stereocenters. The fourth-order valence-corrected chi connectivity index (χ4v) is 4.71. The van der Waals surface area contributed by atoms with Gasteiger partial charge in [0.25, 0.3) is 5.91 Å². The van der Waals surface area contributed by atoms with Crippen LogP contribution in [-0.2, 0) is 9.53 Å². The maximum absolute atomic E-state index is 13.6. The predicted octanol–water partition coefficient (Wildman–Crippen LogP) is 2.88. The van der Waals surface area contributed by atoms with Crippen LogP contribution in [0.1, 0.15) is 56.8 Å². The van der Waals surface area contributed by atoms with E-state index in [4.69, 9.17) is 14.2 Å². The third-order valence-corrected chi connectivity index (χ3v) is 6.81. The van der Waals surface area contributed by atoms with Gasteiger partial charge in [0.15, 0.2) is 11.5 Å². The highest BCUT2D eigenvalue weighted by molar-refractivity contribution is 5.95. The van der Waals surface area contributed by atoms with Crippen molar-refractivity contribution < 1.29 is 23.8 Å². The Hall–Kier alpha value is -2.36. The molecule has 0 bridgehead atoms. The molecule has 0 aromatic heterocycles. The molecule has 1 saturated heterocycles. The summed E-state index contributed by atoms with van der Waals surface area (Å²) in [6, 6.07) is 5.58. The zero-order valence-electron chi connectivity index (χ0n) is 23.9. The van der Waals surface area contributed by atoms with Crippen molar-refractivity contribution >= 4 is 11.8 Å². The Kier molecular flexibility index (Phi) is 13.2. The summed E-state index contributed by atoms with van der Waals surface area (Å²) in [5.41, 5.74) is 0.577. The second-order valence-electron chi connectivity index (χ2n) is 10.2. The first-order chi connectivity index (χ1) is 17.7. The number of likely N-dealkylation sites (N-methyl/N-ethyl adjacent to an activating group) is 2. The number of rotatable bonds is 15. The van der Waals surface area contributed by atoms with Crippen molar-refractivity contribution in [2.24, 2.45) is 0 Å². The maximum Gasteiger partial charge on any atom is 0.254 e. The van der Waals surface area contributed by atoms with Crippen LogP contribution in [0.5, 0.6) is 11.5 Å². The van der Waals surface area contributed by atoms with E-state index in [2.05, 4.69) is 10.2 Å². The minimum absolute atomic E-state index is 0.0263. The van der Waals surface area contributed by atoms with Crippen LogP contribution in [0.2, 0.25) is 0 Å². The van der Waals surface area contributed by atoms with Gasteiger partial charge in [-0.2, -0.15) is 0 Å². The molecular formula is C28H48N4O5. The highest BCUT2D eigenvalue weighted by Gasteiger charge is 2.32. The summed E-state index contributed by atoms with van der Waals surface area (Å²) in [6.07, 6.45) is 2.95. The van der Waals surface area contributed by atoms with Gasteiger partial charge in [0.05, 0.1) is 13.7 Å². The number of methoxy groups -OCH3 is 2. The first-order valence-electron chi connectivity index (χ1n) is 13.5. The Bertz CT molecular complexity index is 840. The number of nitrogens with zero attached hydrogens (tertiary/aromatic N) is 3. The van der Waals surface area contributed by atoms with Crippen molar-refractivity contribution in [2.75, 3.05) is 67.7 Å². The number of nitrogens with one attached hydrogen (secondary N) is 1. The topological polar surface area (TPSA) is 83.6 Å². The number of carbonyl (C=O) groups excluding carboxylic acids is 2. The summed E-state index contributed by atoms with van der Waals surface area (Å²) >= 11 is 0. The van der Waals surface area contributed by atoms with E-state index in [0.29, 0.717) is 43.2 Å². The van der Waals surface area contributed by atoms with Crippen LogP contribution in [0.25, 0.3) is 0 Å². The lowest BCUT2D eigenvalue weighted by molar-refractivity contribution is -0.131. The Morgan fingerprint density at radius 2 is 1.84 bits per heavy atom. The molecule has 1 N–H and O–H groups in total. The van der Waals surface area contributed by atoms with E-state index in [1.807, 2.05) is 44.7 Å². The lowest BCUT2D eigenvalue weighted by atomic mass is 9.95. The van der Waals surface area contributed by atoms with Crippen LogP contribution in [0.4, 0.5) is 0 Å². The van der Waals surface area contributed by atoms with Crippen LogP contribution in [0, 0.1) is 0 Å². The summed E-state index contributed by atoms with van der Waals surface area (Å²) in [7, 11) is 7.29. The Morgan fingerprint density at radius 1 is 1.08 bits per heavy atom. The first-order valence-corrected chi connectivity index (χ1v) is 13.5. The third kappa shape index (κ3) is 9.47. The van der Waals surface area contributed by atoms with Gasteiger partial charge in [0.2, 0.25) is 5.91 Å². The molecule has 37 heavy (non-hydrogen) atoms. The van der Waals surface area contributed by atoms with Crippen molar-refractivity contribution in [2.45, 2.75) is 64.6 Å². The predicted molar refractivity (Wildman–Crippen MR) is 147 cm³/mol. The van der Waals surface area contributed by atoms with Crippen LogP contribution < -0.4 is 14.8 Å². The molecular weight excluding hydrogens is 472 g/mol. The molecule has 0 aliphatic carbocycles. The van der Waals surface area contributed by atoms with E-state index in [1.54, 1.807) is 32.4 Å². The SMILES string of the molecule is CCN(CCN(C)C)C(=O)C[C@@H]1CC[C@@H](N(C(=O)c2ccc(OC)c(OCCCOC)c2)C(C)C)CN1. The van der Waals surface area contributed by atoms with E-state index in [1.165, 1.54) is 0 Å². The number of benzene rings is 1. The molecule has 1 fully saturated rings. The standard InChI is InChI=1S/C28H48N4O5/c1-8-31(15-14-30(4)5)27(33)19-23-11-12-24(20-29-23)32(21(2)3)28(34)22-10-13-25(36-7)26(18-22)37-17-9-16-35-6/h10,13,18,21,23-24,29H,8-9,11-12,14-17,19-20H2,1-7H3/t23-,24+/m0/s1. The molecule has 2 amide bonds. The number of hydrogen-bond donors (Lipinski definition) is 1. The fourth-order valence-electron chi connectivity index (χ4n) is 4.71. The van der Waals surface area contributed by atoms with Gasteiger partial charge in [-0.3, -0.25) is 9.59 Å². The van der Waals surface area contributed by atoms with Gasteiger partial charge >= 0.3 is 0 Å². The number of hydrogen-bond acceptors (Lipinski definition) is 7. The highest BCUT2D eigenvalue weighted by atomic mass is 16.5. The van der Waals surface area contributed by atoms with Crippen molar-refractivity contribution in [1.82, 2.24) is 20.0 Å². The number of amides is 2. The number of ether oxygens (including phenoxy) is 3. The maximum atomic E-state index is 13.6. The van der Waals surface area contributed by atoms with E-state index >= 15 is 0 Å². The van der Waals surface area contributed by atoms with E-state index in [-0.39, 0.29) is 29.9 Å². The van der Waals surface area contributed by atoms with E-state index in [0.717, 1.165) is 38.9 Å². The third-order valence-electron chi connectivity index (χ3n) is 6.81. The van der Waals surface area contributed by atoms with Crippen LogP contribution in [-0.4, -0.2) is 112 Å². The van der Waals surface area contributed by atoms with Gasteiger partial charge in [-0.15, -0.1) is 0 Å².